The molecule has 2 unspecified atom stereocenters. The highest BCUT2D eigenvalue weighted by atomic mass is 15.2. The molecule has 0 aromatic heterocycles. The van der Waals surface area contributed by atoms with Gasteiger partial charge in [-0.15, -0.1) is 0 Å². The van der Waals surface area contributed by atoms with E-state index in [1.807, 2.05) is 0 Å². The van der Waals surface area contributed by atoms with Crippen molar-refractivity contribution in [3.63, 3.8) is 0 Å². The predicted molar refractivity (Wildman–Crippen MR) is 86.9 cm³/mol. The van der Waals surface area contributed by atoms with Gasteiger partial charge < -0.3 is 10.2 Å². The number of unbranched alkanes of at least 4 members (excludes halogenated alkanes) is 2. The Morgan fingerprint density at radius 1 is 1.05 bits per heavy atom. The number of nitrogens with zero attached hydrogens (tertiary/aromatic N) is 2. The SMILES string of the molecule is CCCCCC(C)NCCN(CC)C(C)CN(C)C. The Kier molecular flexibility index (Phi) is 11.6. The van der Waals surface area contributed by atoms with Crippen LogP contribution in [0, 0.1) is 0 Å². The van der Waals surface area contributed by atoms with Crippen molar-refractivity contribution in [3.8, 4) is 0 Å². The first kappa shape index (κ1) is 18.9. The van der Waals surface area contributed by atoms with Crippen LogP contribution in [0.5, 0.6) is 0 Å². The van der Waals surface area contributed by atoms with E-state index < -0.39 is 0 Å². The highest BCUT2D eigenvalue weighted by molar-refractivity contribution is 4.70. The van der Waals surface area contributed by atoms with Gasteiger partial charge in [-0.25, -0.2) is 0 Å². The number of rotatable bonds is 12. The molecule has 0 aromatic rings. The van der Waals surface area contributed by atoms with Crippen LogP contribution in [0.25, 0.3) is 0 Å². The third-order valence-electron chi connectivity index (χ3n) is 3.79. The topological polar surface area (TPSA) is 18.5 Å². The van der Waals surface area contributed by atoms with E-state index in [0.717, 1.165) is 26.2 Å². The first-order valence-electron chi connectivity index (χ1n) is 8.13. The Labute approximate surface area is 121 Å². The monoisotopic (exact) mass is 271 g/mol. The van der Waals surface area contributed by atoms with Gasteiger partial charge in [-0.05, 0) is 40.9 Å². The second-order valence-electron chi connectivity index (χ2n) is 6.09. The van der Waals surface area contributed by atoms with Crippen molar-refractivity contribution >= 4 is 0 Å². The maximum atomic E-state index is 3.66. The molecule has 0 bridgehead atoms. The highest BCUT2D eigenvalue weighted by Gasteiger charge is 2.12. The van der Waals surface area contributed by atoms with E-state index >= 15 is 0 Å². The van der Waals surface area contributed by atoms with Crippen molar-refractivity contribution in [2.45, 2.75) is 65.5 Å². The summed E-state index contributed by atoms with van der Waals surface area (Å²) >= 11 is 0. The Hall–Kier alpha value is -0.120. The van der Waals surface area contributed by atoms with E-state index in [9.17, 15) is 0 Å². The minimum atomic E-state index is 0.636. The molecular weight excluding hydrogens is 234 g/mol. The Morgan fingerprint density at radius 3 is 2.26 bits per heavy atom. The molecular formula is C16H37N3. The molecule has 1 N–H and O–H groups in total. The zero-order valence-corrected chi connectivity index (χ0v) is 14.2. The standard InChI is InChI=1S/C16H37N3/c1-7-9-10-11-15(3)17-12-13-19(8-2)16(4)14-18(5)6/h15-17H,7-14H2,1-6H3. The van der Waals surface area contributed by atoms with Crippen LogP contribution < -0.4 is 5.32 Å². The predicted octanol–water partition coefficient (Wildman–Crippen LogP) is 2.82. The summed E-state index contributed by atoms with van der Waals surface area (Å²) in [6, 6.07) is 1.30. The van der Waals surface area contributed by atoms with Crippen molar-refractivity contribution in [3.05, 3.63) is 0 Å². The van der Waals surface area contributed by atoms with Crippen LogP contribution >= 0.6 is 0 Å². The lowest BCUT2D eigenvalue weighted by atomic mass is 10.1. The average Bonchev–Trinajstić information content (AvgIpc) is 2.34. The van der Waals surface area contributed by atoms with Crippen molar-refractivity contribution in [1.29, 1.82) is 0 Å². The molecule has 116 valence electrons. The minimum absolute atomic E-state index is 0.636. The third kappa shape index (κ3) is 10.3. The molecule has 0 aromatic carbocycles. The zero-order valence-electron chi connectivity index (χ0n) is 14.2. The maximum Gasteiger partial charge on any atom is 0.0195 e. The fraction of sp³-hybridized carbons (Fsp3) is 1.00. The van der Waals surface area contributed by atoms with Crippen molar-refractivity contribution in [2.75, 3.05) is 40.3 Å². The third-order valence-corrected chi connectivity index (χ3v) is 3.79. The van der Waals surface area contributed by atoms with Gasteiger partial charge in [0.25, 0.3) is 0 Å². The number of hydrogen-bond acceptors (Lipinski definition) is 3. The van der Waals surface area contributed by atoms with Gasteiger partial charge in [0, 0.05) is 31.7 Å². The van der Waals surface area contributed by atoms with E-state index in [4.69, 9.17) is 0 Å². The van der Waals surface area contributed by atoms with Gasteiger partial charge in [0.05, 0.1) is 0 Å². The van der Waals surface area contributed by atoms with Crippen LogP contribution in [0.2, 0.25) is 0 Å². The fourth-order valence-electron chi connectivity index (χ4n) is 2.59. The van der Waals surface area contributed by atoms with Crippen LogP contribution in [0.1, 0.15) is 53.4 Å². The number of hydrogen-bond donors (Lipinski definition) is 1. The van der Waals surface area contributed by atoms with Gasteiger partial charge >= 0.3 is 0 Å². The molecule has 0 rings (SSSR count). The molecule has 19 heavy (non-hydrogen) atoms. The molecule has 0 radical (unpaired) electrons. The summed E-state index contributed by atoms with van der Waals surface area (Å²) in [5, 5.41) is 3.66. The van der Waals surface area contributed by atoms with E-state index in [2.05, 4.69) is 56.9 Å². The van der Waals surface area contributed by atoms with Gasteiger partial charge in [0.2, 0.25) is 0 Å². The second kappa shape index (κ2) is 11.7. The van der Waals surface area contributed by atoms with Gasteiger partial charge in [0.1, 0.15) is 0 Å². The highest BCUT2D eigenvalue weighted by Crippen LogP contribution is 2.03. The van der Waals surface area contributed by atoms with Crippen LogP contribution in [-0.4, -0.2) is 62.2 Å². The molecule has 3 heteroatoms. The first-order valence-corrected chi connectivity index (χ1v) is 8.13. The lowest BCUT2D eigenvalue weighted by Crippen LogP contribution is -2.44. The molecule has 3 nitrogen and oxygen atoms in total. The summed E-state index contributed by atoms with van der Waals surface area (Å²) in [6.45, 7) is 13.7. The van der Waals surface area contributed by atoms with E-state index in [1.165, 1.54) is 25.7 Å². The van der Waals surface area contributed by atoms with Gasteiger partial charge in [0.15, 0.2) is 0 Å². The molecule has 0 spiro atoms. The maximum absolute atomic E-state index is 3.66. The molecule has 0 aliphatic carbocycles. The van der Waals surface area contributed by atoms with Crippen molar-refractivity contribution < 1.29 is 0 Å². The average molecular weight is 271 g/mol. The zero-order chi connectivity index (χ0) is 14.7. The van der Waals surface area contributed by atoms with Gasteiger partial charge in [-0.1, -0.05) is 33.1 Å². The van der Waals surface area contributed by atoms with Crippen LogP contribution in [0.4, 0.5) is 0 Å². The quantitative estimate of drug-likeness (QED) is 0.551. The number of likely N-dealkylation sites (N-methyl/N-ethyl adjacent to an activating group) is 2. The molecule has 2 atom stereocenters. The molecule has 0 fully saturated rings. The first-order chi connectivity index (χ1) is 9.01. The molecule has 0 saturated carbocycles. The summed E-state index contributed by atoms with van der Waals surface area (Å²) in [4.78, 5) is 4.83. The summed E-state index contributed by atoms with van der Waals surface area (Å²) in [7, 11) is 4.30. The van der Waals surface area contributed by atoms with Gasteiger partial charge in [-0.2, -0.15) is 0 Å². The summed E-state index contributed by atoms with van der Waals surface area (Å²) in [6.07, 6.45) is 5.36. The molecule has 0 aliphatic heterocycles. The molecule has 0 aliphatic rings. The minimum Gasteiger partial charge on any atom is -0.313 e. The van der Waals surface area contributed by atoms with Crippen LogP contribution in [0.15, 0.2) is 0 Å². The number of nitrogens with one attached hydrogen (secondary N) is 1. The second-order valence-corrected chi connectivity index (χ2v) is 6.09. The Morgan fingerprint density at radius 2 is 1.74 bits per heavy atom. The normalized spacial score (nSPS) is 15.2. The van der Waals surface area contributed by atoms with Crippen LogP contribution in [-0.2, 0) is 0 Å². The van der Waals surface area contributed by atoms with E-state index in [0.29, 0.717) is 12.1 Å². The summed E-state index contributed by atoms with van der Waals surface area (Å²) in [5.41, 5.74) is 0. The molecule has 0 heterocycles. The van der Waals surface area contributed by atoms with E-state index in [-0.39, 0.29) is 0 Å². The van der Waals surface area contributed by atoms with Crippen LogP contribution in [0.3, 0.4) is 0 Å². The largest absolute Gasteiger partial charge is 0.313 e. The van der Waals surface area contributed by atoms with E-state index in [1.54, 1.807) is 0 Å². The van der Waals surface area contributed by atoms with Crippen molar-refractivity contribution in [2.24, 2.45) is 0 Å². The molecule has 0 saturated heterocycles. The fourth-order valence-corrected chi connectivity index (χ4v) is 2.59. The van der Waals surface area contributed by atoms with Crippen molar-refractivity contribution in [1.82, 2.24) is 15.1 Å². The summed E-state index contributed by atoms with van der Waals surface area (Å²) < 4.78 is 0. The molecule has 0 amide bonds. The smallest absolute Gasteiger partial charge is 0.0195 e. The lowest BCUT2D eigenvalue weighted by Gasteiger charge is -2.30. The van der Waals surface area contributed by atoms with Gasteiger partial charge in [-0.3, -0.25) is 4.90 Å². The Bertz CT molecular complexity index is 194. The summed E-state index contributed by atoms with van der Waals surface area (Å²) in [5.74, 6) is 0. The Balaban J connectivity index is 3.76. The lowest BCUT2D eigenvalue weighted by molar-refractivity contribution is 0.180.